The first-order valence-corrected chi connectivity index (χ1v) is 21.0. The standard InChI is InChI=1S/C39H57N5O10S/c1-6-26-23-39(26,42-33(45)32-28-22-25(28)24-44(32)37(49)54-38(2,3)4)35(47)43-55(50,51)31-20-14-13-18-29(31)40-21-15-9-7-8-10-19-30(34(46)52-5)41-36(48)53-27-16-11-12-17-27/h6,13-14,18,20,25-28,30,32,40H,1,7-12,15-17,19,21-24H2,2-5H3,(H,41,48)(H,42,45)(H,43,47)/t25?,26?,28?,30-,32?,39?/m0/s1. The number of sulfonamides is 1. The van der Waals surface area contributed by atoms with Crippen LogP contribution in [0.1, 0.15) is 97.8 Å². The topological polar surface area (TPSA) is 199 Å². The number of nitrogens with zero attached hydrogens (tertiary/aromatic N) is 1. The van der Waals surface area contributed by atoms with Crippen LogP contribution < -0.4 is 20.7 Å². The van der Waals surface area contributed by atoms with Gasteiger partial charge in [0, 0.05) is 19.0 Å². The van der Waals surface area contributed by atoms with Crippen LogP contribution in [0.2, 0.25) is 0 Å². The molecule has 15 nitrogen and oxygen atoms in total. The first kappa shape index (κ1) is 41.8. The van der Waals surface area contributed by atoms with E-state index in [1.165, 1.54) is 24.2 Å². The maximum absolute atomic E-state index is 13.7. The highest BCUT2D eigenvalue weighted by Gasteiger charge is 2.64. The summed E-state index contributed by atoms with van der Waals surface area (Å²) in [6, 6.07) is 4.69. The van der Waals surface area contributed by atoms with Crippen LogP contribution in [0.3, 0.4) is 0 Å². The Morgan fingerprint density at radius 3 is 2.40 bits per heavy atom. The van der Waals surface area contributed by atoms with Gasteiger partial charge in [-0.2, -0.15) is 0 Å². The van der Waals surface area contributed by atoms with E-state index >= 15 is 0 Å². The number of benzene rings is 1. The average Bonchev–Trinajstić information content (AvgIpc) is 3.93. The molecule has 0 spiro atoms. The van der Waals surface area contributed by atoms with Gasteiger partial charge in [-0.15, -0.1) is 6.58 Å². The third-order valence-electron chi connectivity index (χ3n) is 10.8. The number of nitrogens with one attached hydrogen (secondary N) is 4. The second-order valence-electron chi connectivity index (χ2n) is 16.2. The molecule has 1 aromatic carbocycles. The molecule has 3 saturated carbocycles. The molecule has 1 aromatic rings. The lowest BCUT2D eigenvalue weighted by molar-refractivity contribution is -0.143. The summed E-state index contributed by atoms with van der Waals surface area (Å²) >= 11 is 0. The predicted octanol–water partition coefficient (Wildman–Crippen LogP) is 4.77. The van der Waals surface area contributed by atoms with Crippen LogP contribution in [0, 0.1) is 17.8 Å². The van der Waals surface area contributed by atoms with Crippen molar-refractivity contribution in [1.82, 2.24) is 20.3 Å². The number of rotatable bonds is 18. The number of alkyl carbamates (subject to hydrolysis) is 1. The molecule has 1 saturated heterocycles. The highest BCUT2D eigenvalue weighted by molar-refractivity contribution is 7.90. The summed E-state index contributed by atoms with van der Waals surface area (Å²) in [4.78, 5) is 66.2. The Bertz CT molecular complexity index is 1710. The molecule has 1 aliphatic heterocycles. The molecule has 3 aliphatic carbocycles. The maximum atomic E-state index is 13.7. The van der Waals surface area contributed by atoms with Gasteiger partial charge in [0.15, 0.2) is 0 Å². The van der Waals surface area contributed by atoms with E-state index in [0.717, 1.165) is 57.8 Å². The van der Waals surface area contributed by atoms with Gasteiger partial charge in [0.25, 0.3) is 15.9 Å². The van der Waals surface area contributed by atoms with E-state index < -0.39 is 69.1 Å². The molecular formula is C39H57N5O10S. The smallest absolute Gasteiger partial charge is 0.410 e. The van der Waals surface area contributed by atoms with Crippen LogP contribution in [-0.2, 0) is 38.6 Å². The van der Waals surface area contributed by atoms with E-state index in [4.69, 9.17) is 14.2 Å². The third kappa shape index (κ3) is 10.7. The van der Waals surface area contributed by atoms with Gasteiger partial charge in [0.2, 0.25) is 5.91 Å². The predicted molar refractivity (Wildman–Crippen MR) is 203 cm³/mol. The summed E-state index contributed by atoms with van der Waals surface area (Å²) in [5.74, 6) is -2.26. The lowest BCUT2D eigenvalue weighted by atomic mass is 10.1. The number of methoxy groups -OCH3 is 1. The van der Waals surface area contributed by atoms with Crippen LogP contribution in [0.4, 0.5) is 15.3 Å². The molecule has 55 heavy (non-hydrogen) atoms. The molecule has 4 amide bonds. The first-order chi connectivity index (χ1) is 26.1. The summed E-state index contributed by atoms with van der Waals surface area (Å²) in [6.45, 7) is 9.87. The molecule has 0 radical (unpaired) electrons. The summed E-state index contributed by atoms with van der Waals surface area (Å²) in [5, 5.41) is 8.62. The zero-order valence-corrected chi connectivity index (χ0v) is 33.2. The van der Waals surface area contributed by atoms with Crippen molar-refractivity contribution in [3.05, 3.63) is 36.9 Å². The molecule has 6 atom stereocenters. The average molecular weight is 788 g/mol. The van der Waals surface area contributed by atoms with Crippen molar-refractivity contribution in [2.75, 3.05) is 25.5 Å². The number of carbonyl (C=O) groups excluding carboxylic acids is 5. The van der Waals surface area contributed by atoms with Crippen LogP contribution in [0.5, 0.6) is 0 Å². The third-order valence-corrected chi connectivity index (χ3v) is 12.2. The van der Waals surface area contributed by atoms with Crippen molar-refractivity contribution >= 4 is 45.7 Å². The number of unbranched alkanes of at least 4 members (excludes halogenated alkanes) is 4. The highest BCUT2D eigenvalue weighted by atomic mass is 32.2. The molecule has 4 aliphatic rings. The number of fused-ring (bicyclic) bond motifs is 1. The van der Waals surface area contributed by atoms with Crippen molar-refractivity contribution < 1.29 is 46.6 Å². The largest absolute Gasteiger partial charge is 0.467 e. The number of para-hydroxylation sites is 1. The van der Waals surface area contributed by atoms with Gasteiger partial charge in [-0.1, -0.05) is 43.9 Å². The van der Waals surface area contributed by atoms with E-state index in [1.54, 1.807) is 39.0 Å². The number of piperidine rings is 1. The zero-order chi connectivity index (χ0) is 40.0. The normalized spacial score (nSPS) is 24.8. The van der Waals surface area contributed by atoms with Crippen LogP contribution in [0.15, 0.2) is 41.8 Å². The van der Waals surface area contributed by atoms with Gasteiger partial charge in [0.05, 0.1) is 12.8 Å². The summed E-state index contributed by atoms with van der Waals surface area (Å²) < 4.78 is 45.3. The Morgan fingerprint density at radius 2 is 1.73 bits per heavy atom. The Morgan fingerprint density at radius 1 is 1.04 bits per heavy atom. The molecular weight excluding hydrogens is 731 g/mol. The fraction of sp³-hybridized carbons (Fsp3) is 0.667. The molecule has 4 N–H and O–H groups in total. The Hall–Kier alpha value is -4.34. The second kappa shape index (κ2) is 17.6. The summed E-state index contributed by atoms with van der Waals surface area (Å²) in [6.07, 6.45) is 9.24. The van der Waals surface area contributed by atoms with Gasteiger partial charge < -0.3 is 30.2 Å². The van der Waals surface area contributed by atoms with Crippen molar-refractivity contribution in [2.45, 2.75) is 132 Å². The molecule has 0 aromatic heterocycles. The van der Waals surface area contributed by atoms with Gasteiger partial charge in [-0.05, 0) is 96.1 Å². The maximum Gasteiger partial charge on any atom is 0.410 e. The number of amides is 4. The van der Waals surface area contributed by atoms with Crippen molar-refractivity contribution in [3.8, 4) is 0 Å². The number of hydrogen-bond donors (Lipinski definition) is 4. The van der Waals surface area contributed by atoms with Crippen LogP contribution in [-0.4, -0.2) is 92.8 Å². The minimum atomic E-state index is -4.36. The number of likely N-dealkylation sites (tertiary alicyclic amines) is 1. The highest BCUT2D eigenvalue weighted by Crippen LogP contribution is 2.51. The molecule has 4 fully saturated rings. The van der Waals surface area contributed by atoms with E-state index in [2.05, 4.69) is 27.3 Å². The van der Waals surface area contributed by atoms with E-state index in [1.807, 2.05) is 0 Å². The Labute approximate surface area is 324 Å². The van der Waals surface area contributed by atoms with Gasteiger partial charge in [0.1, 0.15) is 34.2 Å². The minimum Gasteiger partial charge on any atom is -0.467 e. The lowest BCUT2D eigenvalue weighted by Crippen LogP contribution is -2.57. The van der Waals surface area contributed by atoms with Gasteiger partial charge in [-0.3, -0.25) is 14.5 Å². The molecule has 304 valence electrons. The number of ether oxygens (including phenoxy) is 3. The molecule has 1 heterocycles. The Kier molecular flexibility index (Phi) is 13.4. The molecule has 0 bridgehead atoms. The molecule has 5 rings (SSSR count). The number of anilines is 1. The number of esters is 1. The van der Waals surface area contributed by atoms with Crippen molar-refractivity contribution in [2.24, 2.45) is 17.8 Å². The number of hydrogen-bond acceptors (Lipinski definition) is 11. The van der Waals surface area contributed by atoms with Crippen LogP contribution >= 0.6 is 0 Å². The van der Waals surface area contributed by atoms with Crippen LogP contribution in [0.25, 0.3) is 0 Å². The van der Waals surface area contributed by atoms with Crippen molar-refractivity contribution in [3.63, 3.8) is 0 Å². The summed E-state index contributed by atoms with van der Waals surface area (Å²) in [7, 11) is -3.08. The van der Waals surface area contributed by atoms with E-state index in [-0.39, 0.29) is 29.3 Å². The minimum absolute atomic E-state index is 0.0466. The van der Waals surface area contributed by atoms with Gasteiger partial charge >= 0.3 is 18.2 Å². The zero-order valence-electron chi connectivity index (χ0n) is 32.4. The summed E-state index contributed by atoms with van der Waals surface area (Å²) in [5.41, 5.74) is -1.94. The molecule has 5 unspecified atom stereocenters. The fourth-order valence-corrected chi connectivity index (χ4v) is 8.93. The Balaban J connectivity index is 1.09. The fourth-order valence-electron chi connectivity index (χ4n) is 7.70. The monoisotopic (exact) mass is 787 g/mol. The van der Waals surface area contributed by atoms with Gasteiger partial charge in [-0.25, -0.2) is 27.5 Å². The van der Waals surface area contributed by atoms with E-state index in [0.29, 0.717) is 31.6 Å². The first-order valence-electron chi connectivity index (χ1n) is 19.5. The van der Waals surface area contributed by atoms with E-state index in [9.17, 15) is 32.4 Å². The number of carbonyl (C=O) groups is 5. The lowest BCUT2D eigenvalue weighted by Gasteiger charge is -2.31. The van der Waals surface area contributed by atoms with Crippen molar-refractivity contribution in [1.29, 1.82) is 0 Å². The second-order valence-corrected chi connectivity index (χ2v) is 17.8. The molecule has 16 heteroatoms. The SMILES string of the molecule is C=CC1CC1(NC(=O)C1C2CC2CN1C(=O)OC(C)(C)C)C(=O)NS(=O)(=O)c1ccccc1NCCCCCCC[C@H](NC(=O)OC1CCCC1)C(=O)OC. The quantitative estimate of drug-likeness (QED) is 0.0692.